The van der Waals surface area contributed by atoms with E-state index in [2.05, 4.69) is 10.6 Å². The number of anilines is 3. The lowest BCUT2D eigenvalue weighted by molar-refractivity contribution is -0.122. The van der Waals surface area contributed by atoms with Crippen LogP contribution in [0.1, 0.15) is 22.5 Å². The van der Waals surface area contributed by atoms with Crippen LogP contribution in [0, 0.1) is 12.7 Å². The molecule has 0 radical (unpaired) electrons. The van der Waals surface area contributed by atoms with Crippen molar-refractivity contribution in [2.75, 3.05) is 15.5 Å². The van der Waals surface area contributed by atoms with Gasteiger partial charge in [-0.25, -0.2) is 4.39 Å². The molecule has 0 saturated carbocycles. The number of benzene rings is 3. The van der Waals surface area contributed by atoms with E-state index in [0.29, 0.717) is 28.2 Å². The molecule has 5 rings (SSSR count). The van der Waals surface area contributed by atoms with Gasteiger partial charge in [0, 0.05) is 16.6 Å². The van der Waals surface area contributed by atoms with Crippen molar-refractivity contribution in [3.8, 4) is 0 Å². The van der Waals surface area contributed by atoms with E-state index in [4.69, 9.17) is 4.42 Å². The molecule has 1 aliphatic heterocycles. The number of nitrogens with one attached hydrogen (secondary N) is 2. The molecule has 0 bridgehead atoms. The maximum Gasteiger partial charge on any atom is 0.295 e. The average molecular weight is 457 g/mol. The Kier molecular flexibility index (Phi) is 5.33. The molecule has 0 aliphatic carbocycles. The normalized spacial score (nSPS) is 15.1. The highest BCUT2D eigenvalue weighted by atomic mass is 19.1. The topological polar surface area (TPSA) is 91.7 Å². The second-order valence-corrected chi connectivity index (χ2v) is 8.01. The van der Waals surface area contributed by atoms with Gasteiger partial charge in [-0.05, 0) is 49.4 Å². The molecule has 0 fully saturated rings. The fourth-order valence-electron chi connectivity index (χ4n) is 4.13. The fourth-order valence-corrected chi connectivity index (χ4v) is 4.13. The molecule has 1 aliphatic rings. The van der Waals surface area contributed by atoms with Gasteiger partial charge in [-0.1, -0.05) is 30.3 Å². The number of hydrogen-bond acceptors (Lipinski definition) is 4. The SMILES string of the molecule is Cc1c(C(=O)N2c3ccccc3NC(=O)C2CC(=O)Nc2ccc(F)cc2)oc2ccccc12. The Labute approximate surface area is 194 Å². The number of carbonyl (C=O) groups excluding carboxylic acids is 3. The minimum absolute atomic E-state index is 0.106. The number of rotatable bonds is 4. The van der Waals surface area contributed by atoms with Crippen molar-refractivity contribution in [2.45, 2.75) is 19.4 Å². The zero-order valence-electron chi connectivity index (χ0n) is 18.2. The summed E-state index contributed by atoms with van der Waals surface area (Å²) in [6.45, 7) is 1.78. The van der Waals surface area contributed by atoms with Gasteiger partial charge in [-0.15, -0.1) is 0 Å². The van der Waals surface area contributed by atoms with Crippen molar-refractivity contribution in [3.63, 3.8) is 0 Å². The summed E-state index contributed by atoms with van der Waals surface area (Å²) in [4.78, 5) is 40.9. The third-order valence-electron chi connectivity index (χ3n) is 5.80. The van der Waals surface area contributed by atoms with Gasteiger partial charge < -0.3 is 15.1 Å². The molecule has 1 unspecified atom stereocenters. The van der Waals surface area contributed by atoms with Crippen LogP contribution in [-0.2, 0) is 9.59 Å². The van der Waals surface area contributed by atoms with Crippen LogP contribution in [0.2, 0.25) is 0 Å². The number of para-hydroxylation sites is 3. The first-order chi connectivity index (χ1) is 16.4. The van der Waals surface area contributed by atoms with Crippen LogP contribution < -0.4 is 15.5 Å². The number of fused-ring (bicyclic) bond motifs is 2. The van der Waals surface area contributed by atoms with Crippen molar-refractivity contribution >= 4 is 45.8 Å². The molecule has 8 heteroatoms. The number of nitrogens with zero attached hydrogens (tertiary/aromatic N) is 1. The Bertz CT molecular complexity index is 1430. The van der Waals surface area contributed by atoms with Gasteiger partial charge in [0.25, 0.3) is 5.91 Å². The molecule has 170 valence electrons. The first kappa shape index (κ1) is 21.4. The molecule has 3 amide bonds. The fraction of sp³-hybridized carbons (Fsp3) is 0.115. The van der Waals surface area contributed by atoms with Gasteiger partial charge in [-0.2, -0.15) is 0 Å². The molecule has 1 aromatic heterocycles. The number of amides is 3. The van der Waals surface area contributed by atoms with Crippen molar-refractivity contribution in [2.24, 2.45) is 0 Å². The predicted octanol–water partition coefficient (Wildman–Crippen LogP) is 4.88. The summed E-state index contributed by atoms with van der Waals surface area (Å²) in [6.07, 6.45) is -0.303. The number of aryl methyl sites for hydroxylation is 1. The summed E-state index contributed by atoms with van der Waals surface area (Å²) < 4.78 is 19.0. The van der Waals surface area contributed by atoms with Gasteiger partial charge in [0.1, 0.15) is 17.4 Å². The van der Waals surface area contributed by atoms with Gasteiger partial charge in [0.2, 0.25) is 11.8 Å². The van der Waals surface area contributed by atoms with Gasteiger partial charge in [0.05, 0.1) is 17.8 Å². The van der Waals surface area contributed by atoms with E-state index in [1.807, 2.05) is 18.2 Å². The molecule has 4 aromatic rings. The van der Waals surface area contributed by atoms with Gasteiger partial charge in [-0.3, -0.25) is 19.3 Å². The van der Waals surface area contributed by atoms with E-state index < -0.39 is 29.6 Å². The van der Waals surface area contributed by atoms with Gasteiger partial charge in [0.15, 0.2) is 5.76 Å². The lowest BCUT2D eigenvalue weighted by atomic mass is 10.0. The lowest BCUT2D eigenvalue weighted by Gasteiger charge is -2.35. The van der Waals surface area contributed by atoms with E-state index in [9.17, 15) is 18.8 Å². The van der Waals surface area contributed by atoms with Crippen LogP contribution in [0.3, 0.4) is 0 Å². The van der Waals surface area contributed by atoms with E-state index in [1.54, 1.807) is 37.3 Å². The quantitative estimate of drug-likeness (QED) is 0.457. The van der Waals surface area contributed by atoms with Crippen LogP contribution in [0.4, 0.5) is 21.5 Å². The summed E-state index contributed by atoms with van der Waals surface area (Å²) in [7, 11) is 0. The summed E-state index contributed by atoms with van der Waals surface area (Å²) in [5.41, 5.74) is 2.52. The van der Waals surface area contributed by atoms with Crippen LogP contribution >= 0.6 is 0 Å². The molecule has 1 atom stereocenters. The van der Waals surface area contributed by atoms with Crippen molar-refractivity contribution in [3.05, 3.63) is 89.9 Å². The maximum absolute atomic E-state index is 13.8. The molecular weight excluding hydrogens is 437 g/mol. The number of furan rings is 1. The van der Waals surface area contributed by atoms with Crippen LogP contribution in [0.5, 0.6) is 0 Å². The highest BCUT2D eigenvalue weighted by Crippen LogP contribution is 2.36. The van der Waals surface area contributed by atoms with E-state index >= 15 is 0 Å². The molecule has 2 N–H and O–H groups in total. The second kappa shape index (κ2) is 8.47. The van der Waals surface area contributed by atoms with Gasteiger partial charge >= 0.3 is 0 Å². The standard InChI is InChI=1S/C26H20FN3O4/c1-15-18-6-2-5-9-22(18)34-24(15)26(33)30-20-8-4-3-7-19(20)29-25(32)21(30)14-23(31)28-17-12-10-16(27)11-13-17/h2-13,21H,14H2,1H3,(H,28,31)(H,29,32). The zero-order valence-corrected chi connectivity index (χ0v) is 18.2. The summed E-state index contributed by atoms with van der Waals surface area (Å²) in [6, 6.07) is 18.3. The molecule has 0 spiro atoms. The Morgan fingerprint density at radius 3 is 2.50 bits per heavy atom. The highest BCUT2D eigenvalue weighted by molar-refractivity contribution is 6.18. The molecular formula is C26H20FN3O4. The number of carbonyl (C=O) groups is 3. The number of halogens is 1. The third-order valence-corrected chi connectivity index (χ3v) is 5.80. The Morgan fingerprint density at radius 2 is 1.74 bits per heavy atom. The largest absolute Gasteiger partial charge is 0.451 e. The summed E-state index contributed by atoms with van der Waals surface area (Å²) >= 11 is 0. The second-order valence-electron chi connectivity index (χ2n) is 8.01. The van der Waals surface area contributed by atoms with E-state index in [0.717, 1.165) is 5.39 Å². The smallest absolute Gasteiger partial charge is 0.295 e. The minimum atomic E-state index is -1.12. The van der Waals surface area contributed by atoms with Crippen molar-refractivity contribution < 1.29 is 23.2 Å². The Morgan fingerprint density at radius 1 is 1.03 bits per heavy atom. The van der Waals surface area contributed by atoms with Crippen molar-refractivity contribution in [1.29, 1.82) is 0 Å². The zero-order chi connectivity index (χ0) is 23.8. The maximum atomic E-state index is 13.8. The Hall–Kier alpha value is -4.46. The number of hydrogen-bond donors (Lipinski definition) is 2. The monoisotopic (exact) mass is 457 g/mol. The first-order valence-corrected chi connectivity index (χ1v) is 10.7. The van der Waals surface area contributed by atoms with Crippen LogP contribution in [0.15, 0.2) is 77.2 Å². The average Bonchev–Trinajstić information content (AvgIpc) is 3.17. The molecule has 3 aromatic carbocycles. The molecule has 7 nitrogen and oxygen atoms in total. The van der Waals surface area contributed by atoms with Crippen LogP contribution in [-0.4, -0.2) is 23.8 Å². The predicted molar refractivity (Wildman–Crippen MR) is 126 cm³/mol. The molecule has 34 heavy (non-hydrogen) atoms. The highest BCUT2D eigenvalue weighted by Gasteiger charge is 2.40. The van der Waals surface area contributed by atoms with Crippen LogP contribution in [0.25, 0.3) is 11.0 Å². The van der Waals surface area contributed by atoms with E-state index in [1.165, 1.54) is 29.2 Å². The Balaban J connectivity index is 1.51. The molecule has 0 saturated heterocycles. The summed E-state index contributed by atoms with van der Waals surface area (Å²) in [5.74, 6) is -1.83. The van der Waals surface area contributed by atoms with Crippen molar-refractivity contribution in [1.82, 2.24) is 0 Å². The first-order valence-electron chi connectivity index (χ1n) is 10.7. The lowest BCUT2D eigenvalue weighted by Crippen LogP contribution is -2.52. The third kappa shape index (κ3) is 3.79. The minimum Gasteiger partial charge on any atom is -0.451 e. The molecule has 2 heterocycles. The summed E-state index contributed by atoms with van der Waals surface area (Å²) in [5, 5.41) is 6.21. The van der Waals surface area contributed by atoms with E-state index in [-0.39, 0.29) is 12.2 Å².